The number of pyridine rings is 1. The van der Waals surface area contributed by atoms with Crippen LogP contribution in [0.25, 0.3) is 0 Å². The van der Waals surface area contributed by atoms with Crippen LogP contribution in [-0.4, -0.2) is 42.0 Å². The number of carbonyl (C=O) groups is 1. The van der Waals surface area contributed by atoms with Gasteiger partial charge in [-0.1, -0.05) is 32.0 Å². The average molecular weight is 353 g/mol. The zero-order valence-electron chi connectivity index (χ0n) is 15.7. The smallest absolute Gasteiger partial charge is 0.261 e. The van der Waals surface area contributed by atoms with Crippen molar-refractivity contribution in [3.05, 3.63) is 59.4 Å². The summed E-state index contributed by atoms with van der Waals surface area (Å²) in [5, 5.41) is 3.36. The normalized spacial score (nSPS) is 17.4. The maximum atomic E-state index is 12.9. The summed E-state index contributed by atoms with van der Waals surface area (Å²) in [7, 11) is 0. The average Bonchev–Trinajstić information content (AvgIpc) is 2.66. The zero-order chi connectivity index (χ0) is 18.5. The number of ether oxygens (including phenoxy) is 1. The SMILES string of the molecule is Cc1ccc(C(C)C)c(OCC(=O)N2CCNCC2c2cccnc2)c1. The van der Waals surface area contributed by atoms with Gasteiger partial charge in [0, 0.05) is 32.0 Å². The minimum atomic E-state index is -0.00405. The molecule has 1 unspecified atom stereocenters. The lowest BCUT2D eigenvalue weighted by Gasteiger charge is -2.36. The highest BCUT2D eigenvalue weighted by atomic mass is 16.5. The molecule has 1 aliphatic rings. The van der Waals surface area contributed by atoms with Crippen molar-refractivity contribution in [3.63, 3.8) is 0 Å². The van der Waals surface area contributed by atoms with Gasteiger partial charge in [0.25, 0.3) is 5.91 Å². The van der Waals surface area contributed by atoms with Crippen LogP contribution in [0.2, 0.25) is 0 Å². The van der Waals surface area contributed by atoms with Gasteiger partial charge in [-0.25, -0.2) is 0 Å². The fourth-order valence-corrected chi connectivity index (χ4v) is 3.34. The molecule has 138 valence electrons. The minimum Gasteiger partial charge on any atom is -0.483 e. The molecule has 1 saturated heterocycles. The minimum absolute atomic E-state index is 0.00405. The molecule has 26 heavy (non-hydrogen) atoms. The number of benzene rings is 1. The van der Waals surface area contributed by atoms with Crippen LogP contribution < -0.4 is 10.1 Å². The molecule has 1 aromatic carbocycles. The fraction of sp³-hybridized carbons (Fsp3) is 0.429. The molecule has 1 amide bonds. The molecule has 0 aliphatic carbocycles. The Balaban J connectivity index is 1.72. The molecular weight excluding hydrogens is 326 g/mol. The van der Waals surface area contributed by atoms with Crippen molar-refractivity contribution < 1.29 is 9.53 Å². The van der Waals surface area contributed by atoms with Gasteiger partial charge in [0.05, 0.1) is 6.04 Å². The van der Waals surface area contributed by atoms with E-state index >= 15 is 0 Å². The van der Waals surface area contributed by atoms with Gasteiger partial charge in [-0.2, -0.15) is 0 Å². The highest BCUT2D eigenvalue weighted by molar-refractivity contribution is 5.78. The number of aryl methyl sites for hydroxylation is 1. The second kappa shape index (κ2) is 8.32. The summed E-state index contributed by atoms with van der Waals surface area (Å²) in [6.45, 7) is 8.56. The molecule has 1 aliphatic heterocycles. The highest BCUT2D eigenvalue weighted by Crippen LogP contribution is 2.28. The van der Waals surface area contributed by atoms with Crippen molar-refractivity contribution in [2.24, 2.45) is 0 Å². The van der Waals surface area contributed by atoms with E-state index in [-0.39, 0.29) is 18.6 Å². The second-order valence-corrected chi connectivity index (χ2v) is 7.08. The van der Waals surface area contributed by atoms with Gasteiger partial charge < -0.3 is 15.0 Å². The first-order valence-corrected chi connectivity index (χ1v) is 9.19. The first kappa shape index (κ1) is 18.4. The van der Waals surface area contributed by atoms with Gasteiger partial charge in [0.1, 0.15) is 5.75 Å². The van der Waals surface area contributed by atoms with Crippen molar-refractivity contribution in [2.75, 3.05) is 26.2 Å². The molecule has 0 spiro atoms. The lowest BCUT2D eigenvalue weighted by atomic mass is 10.0. The van der Waals surface area contributed by atoms with Crippen LogP contribution in [0.4, 0.5) is 0 Å². The molecule has 1 atom stereocenters. The maximum absolute atomic E-state index is 12.9. The molecule has 3 rings (SSSR count). The quantitative estimate of drug-likeness (QED) is 0.898. The van der Waals surface area contributed by atoms with E-state index in [2.05, 4.69) is 36.3 Å². The van der Waals surface area contributed by atoms with E-state index in [1.807, 2.05) is 36.2 Å². The third-order valence-corrected chi connectivity index (χ3v) is 4.78. The van der Waals surface area contributed by atoms with Crippen molar-refractivity contribution in [3.8, 4) is 5.75 Å². The van der Waals surface area contributed by atoms with E-state index in [0.717, 1.165) is 35.5 Å². The molecule has 1 aromatic heterocycles. The van der Waals surface area contributed by atoms with Crippen LogP contribution in [0, 0.1) is 6.92 Å². The van der Waals surface area contributed by atoms with E-state index in [9.17, 15) is 4.79 Å². The summed E-state index contributed by atoms with van der Waals surface area (Å²) in [5.74, 6) is 1.17. The first-order chi connectivity index (χ1) is 12.6. The molecule has 1 N–H and O–H groups in total. The van der Waals surface area contributed by atoms with Gasteiger partial charge in [-0.15, -0.1) is 0 Å². The topological polar surface area (TPSA) is 54.5 Å². The van der Waals surface area contributed by atoms with E-state index < -0.39 is 0 Å². The Morgan fingerprint density at radius 2 is 2.23 bits per heavy atom. The van der Waals surface area contributed by atoms with Crippen LogP contribution in [0.3, 0.4) is 0 Å². The number of hydrogen-bond donors (Lipinski definition) is 1. The molecule has 5 nitrogen and oxygen atoms in total. The van der Waals surface area contributed by atoms with Crippen LogP contribution in [0.5, 0.6) is 5.75 Å². The molecule has 0 radical (unpaired) electrons. The number of piperazine rings is 1. The summed E-state index contributed by atoms with van der Waals surface area (Å²) in [4.78, 5) is 19.0. The zero-order valence-corrected chi connectivity index (χ0v) is 15.7. The summed E-state index contributed by atoms with van der Waals surface area (Å²) < 4.78 is 5.95. The predicted molar refractivity (Wildman–Crippen MR) is 102 cm³/mol. The highest BCUT2D eigenvalue weighted by Gasteiger charge is 2.28. The number of nitrogens with zero attached hydrogens (tertiary/aromatic N) is 2. The van der Waals surface area contributed by atoms with E-state index in [4.69, 9.17) is 4.74 Å². The van der Waals surface area contributed by atoms with Crippen LogP contribution in [-0.2, 0) is 4.79 Å². The molecule has 2 heterocycles. The lowest BCUT2D eigenvalue weighted by Crippen LogP contribution is -2.50. The number of amides is 1. The van der Waals surface area contributed by atoms with Crippen molar-refractivity contribution in [1.29, 1.82) is 0 Å². The Hall–Kier alpha value is -2.40. The van der Waals surface area contributed by atoms with Gasteiger partial charge >= 0.3 is 0 Å². The molecule has 0 bridgehead atoms. The van der Waals surface area contributed by atoms with E-state index in [0.29, 0.717) is 12.5 Å². The Bertz CT molecular complexity index is 746. The number of carbonyl (C=O) groups excluding carboxylic acids is 1. The van der Waals surface area contributed by atoms with E-state index in [1.54, 1.807) is 6.20 Å². The standard InChI is InChI=1S/C21H27N3O2/c1-15(2)18-7-6-16(3)11-20(18)26-14-21(25)24-10-9-23-13-19(24)17-5-4-8-22-12-17/h4-8,11-12,15,19,23H,9-10,13-14H2,1-3H3. The Morgan fingerprint density at radius 1 is 1.38 bits per heavy atom. The first-order valence-electron chi connectivity index (χ1n) is 9.19. The molecule has 5 heteroatoms. The number of hydrogen-bond acceptors (Lipinski definition) is 4. The van der Waals surface area contributed by atoms with Gasteiger partial charge in [0.2, 0.25) is 0 Å². The number of nitrogens with one attached hydrogen (secondary N) is 1. The van der Waals surface area contributed by atoms with Crippen LogP contribution in [0.1, 0.15) is 42.5 Å². The summed E-state index contributed by atoms with van der Waals surface area (Å²) in [6, 6.07) is 10.1. The van der Waals surface area contributed by atoms with Gasteiger partial charge in [-0.05, 0) is 41.7 Å². The largest absolute Gasteiger partial charge is 0.483 e. The Labute approximate surface area is 155 Å². The molecular formula is C21H27N3O2. The van der Waals surface area contributed by atoms with Crippen LogP contribution in [0.15, 0.2) is 42.7 Å². The number of aromatic nitrogens is 1. The Kier molecular flexibility index (Phi) is 5.89. The summed E-state index contributed by atoms with van der Waals surface area (Å²) in [5.41, 5.74) is 3.31. The van der Waals surface area contributed by atoms with E-state index in [1.165, 1.54) is 0 Å². The number of rotatable bonds is 5. The summed E-state index contributed by atoms with van der Waals surface area (Å²) in [6.07, 6.45) is 3.58. The third-order valence-electron chi connectivity index (χ3n) is 4.78. The molecule has 2 aromatic rings. The van der Waals surface area contributed by atoms with Gasteiger partial charge in [-0.3, -0.25) is 9.78 Å². The van der Waals surface area contributed by atoms with Crippen molar-refractivity contribution >= 4 is 5.91 Å². The lowest BCUT2D eigenvalue weighted by molar-refractivity contribution is -0.136. The van der Waals surface area contributed by atoms with Crippen LogP contribution >= 0.6 is 0 Å². The maximum Gasteiger partial charge on any atom is 0.261 e. The van der Waals surface area contributed by atoms with Crippen molar-refractivity contribution in [1.82, 2.24) is 15.2 Å². The molecule has 1 fully saturated rings. The van der Waals surface area contributed by atoms with Crippen molar-refractivity contribution in [2.45, 2.75) is 32.7 Å². The third kappa shape index (κ3) is 4.22. The predicted octanol–water partition coefficient (Wildman–Crippen LogP) is 3.07. The Morgan fingerprint density at radius 3 is 2.96 bits per heavy atom. The van der Waals surface area contributed by atoms with Gasteiger partial charge in [0.15, 0.2) is 6.61 Å². The summed E-state index contributed by atoms with van der Waals surface area (Å²) >= 11 is 0. The second-order valence-electron chi connectivity index (χ2n) is 7.08. The molecule has 0 saturated carbocycles. The monoisotopic (exact) mass is 353 g/mol. The fourth-order valence-electron chi connectivity index (χ4n) is 3.34.